The Bertz CT molecular complexity index is 1620. The van der Waals surface area contributed by atoms with E-state index in [-0.39, 0.29) is 49.5 Å². The van der Waals surface area contributed by atoms with Crippen molar-refractivity contribution >= 4 is 38.1 Å². The molecule has 0 fully saturated rings. The van der Waals surface area contributed by atoms with Gasteiger partial charge in [0.25, 0.3) is 0 Å². The van der Waals surface area contributed by atoms with Crippen LogP contribution < -0.4 is 9.73 Å². The van der Waals surface area contributed by atoms with Gasteiger partial charge >= 0.3 is 5.49 Å². The van der Waals surface area contributed by atoms with E-state index in [4.69, 9.17) is 4.99 Å². The van der Waals surface area contributed by atoms with Gasteiger partial charge in [-0.15, -0.1) is 12.1 Å². The third-order valence-electron chi connectivity index (χ3n) is 7.93. The van der Waals surface area contributed by atoms with Gasteiger partial charge < -0.3 is 5.11 Å². The number of fused-ring (bicyclic) bond motifs is 4. The second-order valence-corrected chi connectivity index (χ2v) is 12.4. The van der Waals surface area contributed by atoms with Crippen LogP contribution >= 0.6 is 11.3 Å². The average molecular weight is 761 g/mol. The van der Waals surface area contributed by atoms with E-state index in [1.54, 1.807) is 11.3 Å². The summed E-state index contributed by atoms with van der Waals surface area (Å²) in [4.78, 5) is 17.8. The Morgan fingerprint density at radius 1 is 1.00 bits per heavy atom. The van der Waals surface area contributed by atoms with Gasteiger partial charge in [0.1, 0.15) is 11.7 Å². The predicted octanol–water partition coefficient (Wildman–Crippen LogP) is 8.59. The molecule has 0 spiro atoms. The van der Waals surface area contributed by atoms with Crippen molar-refractivity contribution in [2.24, 2.45) is 22.7 Å². The predicted molar refractivity (Wildman–Crippen MR) is 171 cm³/mol. The van der Waals surface area contributed by atoms with Crippen LogP contribution in [0.15, 0.2) is 71.4 Å². The van der Waals surface area contributed by atoms with Crippen LogP contribution in [0.5, 0.6) is 0 Å². The van der Waals surface area contributed by atoms with Crippen molar-refractivity contribution in [3.05, 3.63) is 94.6 Å². The molecule has 0 amide bonds. The van der Waals surface area contributed by atoms with E-state index >= 15 is 0 Å². The van der Waals surface area contributed by atoms with Crippen LogP contribution in [0.2, 0.25) is 0 Å². The minimum Gasteiger partial charge on any atom is -0.512 e. The maximum Gasteiger partial charge on any atom is 0.323 e. The number of thiophene rings is 1. The summed E-state index contributed by atoms with van der Waals surface area (Å²) in [6.45, 7) is 12.6. The van der Waals surface area contributed by atoms with Crippen molar-refractivity contribution in [1.82, 2.24) is 0 Å². The number of aliphatic hydroxyl groups excluding tert-OH is 1. The fraction of sp³-hybridized carbons (Fsp3) is 0.417. The average Bonchev–Trinajstić information content (AvgIpc) is 3.59. The maximum absolute atomic E-state index is 11.7. The number of hydrogen-bond donors (Lipinski definition) is 1. The summed E-state index contributed by atoms with van der Waals surface area (Å²) in [5, 5.41) is 12.2. The zero-order valence-electron chi connectivity index (χ0n) is 25.7. The molecule has 1 radical (unpaired) electrons. The van der Waals surface area contributed by atoms with E-state index in [1.807, 2.05) is 27.7 Å². The first-order chi connectivity index (χ1) is 19.8. The van der Waals surface area contributed by atoms with E-state index in [1.165, 1.54) is 37.5 Å². The molecule has 0 aliphatic carbocycles. The molecule has 1 atom stereocenters. The van der Waals surface area contributed by atoms with E-state index in [0.29, 0.717) is 5.92 Å². The summed E-state index contributed by atoms with van der Waals surface area (Å²) in [7, 11) is 0. The number of nitrogens with zero attached hydrogens (tertiary/aromatic N) is 2. The molecule has 2 aromatic carbocycles. The van der Waals surface area contributed by atoms with E-state index in [2.05, 4.69) is 85.0 Å². The number of aliphatic hydroxyl groups is 1. The van der Waals surface area contributed by atoms with Gasteiger partial charge in [-0.25, -0.2) is 11.3 Å². The SMILES string of the molecule is CC(C)Cc1ccc2ccc3[n+](c2c1)=CC(c1[c-]c2ccccc2s1)N=3.CCC(CC)C(=O)/C=C(\O)C(CC)CC.[Ir]. The molecular formula is C36H44IrN2O2S. The number of aromatic nitrogens is 1. The monoisotopic (exact) mass is 761 g/mol. The third-order valence-corrected chi connectivity index (χ3v) is 9.07. The minimum absolute atomic E-state index is 0. The van der Waals surface area contributed by atoms with Crippen LogP contribution in [0.25, 0.3) is 21.0 Å². The quantitative estimate of drug-likeness (QED) is 0.0763. The van der Waals surface area contributed by atoms with Crippen molar-refractivity contribution in [2.45, 2.75) is 79.7 Å². The Morgan fingerprint density at radius 3 is 2.31 bits per heavy atom. The van der Waals surface area contributed by atoms with Crippen LogP contribution in [0.4, 0.5) is 0 Å². The Balaban J connectivity index is 0.000000263. The number of carbonyl (C=O) groups excluding carboxylic acids is 1. The summed E-state index contributed by atoms with van der Waals surface area (Å²) >= 11 is 1.79. The molecule has 0 saturated heterocycles. The Hall–Kier alpha value is -2.66. The summed E-state index contributed by atoms with van der Waals surface area (Å²) in [6.07, 6.45) is 8.24. The van der Waals surface area contributed by atoms with Crippen molar-refractivity contribution < 1.29 is 34.2 Å². The first-order valence-corrected chi connectivity index (χ1v) is 16.0. The van der Waals surface area contributed by atoms with E-state index in [9.17, 15) is 9.90 Å². The molecule has 42 heavy (non-hydrogen) atoms. The summed E-state index contributed by atoms with van der Waals surface area (Å²) < 4.78 is 3.53. The first-order valence-electron chi connectivity index (χ1n) is 15.2. The molecule has 3 heterocycles. The fourth-order valence-electron chi connectivity index (χ4n) is 5.46. The van der Waals surface area contributed by atoms with Crippen molar-refractivity contribution in [2.75, 3.05) is 0 Å². The third kappa shape index (κ3) is 8.03. The Labute approximate surface area is 268 Å². The standard InChI is InChI=1S/C23H20N2S.C13H24O2.Ir/c1-15(2)11-16-7-8-17-9-10-23-24-19(14-25(23)20(17)12-16)22-13-18-5-3-4-6-21(18)26-22;1-5-10(6-2)12(14)9-13(15)11(7-3)8-4;/h3-10,12,14-15,19H,11H2,1-2H3;9-11,14H,5-8H2,1-4H3;/b;12-9-;. The number of ketones is 1. The van der Waals surface area contributed by atoms with Crippen LogP contribution in [-0.2, 0) is 31.3 Å². The topological polar surface area (TPSA) is 55.6 Å². The summed E-state index contributed by atoms with van der Waals surface area (Å²) in [6, 6.07) is 23.1. The van der Waals surface area contributed by atoms with Crippen LogP contribution in [0.3, 0.4) is 0 Å². The zero-order chi connectivity index (χ0) is 29.5. The van der Waals surface area contributed by atoms with Crippen molar-refractivity contribution in [3.8, 4) is 0 Å². The van der Waals surface area contributed by atoms with Gasteiger partial charge in [0.05, 0.1) is 5.76 Å². The number of pyridine rings is 1. The van der Waals surface area contributed by atoms with Crippen LogP contribution in [0, 0.1) is 30.0 Å². The second kappa shape index (κ2) is 15.7. The van der Waals surface area contributed by atoms with Crippen molar-refractivity contribution in [1.29, 1.82) is 0 Å². The molecule has 1 unspecified atom stereocenters. The fourth-order valence-corrected chi connectivity index (χ4v) is 6.47. The zero-order valence-corrected chi connectivity index (χ0v) is 28.9. The normalized spacial score (nSPS) is 14.4. The Kier molecular flexibility index (Phi) is 12.7. The largest absolute Gasteiger partial charge is 0.512 e. The molecule has 4 nitrogen and oxygen atoms in total. The molecular weight excluding hydrogens is 717 g/mol. The number of hydrogen-bond acceptors (Lipinski definition) is 4. The van der Waals surface area contributed by atoms with Gasteiger partial charge in [-0.3, -0.25) is 4.79 Å². The van der Waals surface area contributed by atoms with E-state index in [0.717, 1.165) is 37.6 Å². The molecule has 1 N–H and O–H groups in total. The molecule has 1 aliphatic rings. The summed E-state index contributed by atoms with van der Waals surface area (Å²) in [5.74, 6) is 1.20. The molecule has 2 aromatic heterocycles. The molecule has 0 saturated carbocycles. The first kappa shape index (κ1) is 33.8. The van der Waals surface area contributed by atoms with Crippen LogP contribution in [-0.4, -0.2) is 10.9 Å². The number of rotatable bonds is 10. The molecule has 0 bridgehead atoms. The van der Waals surface area contributed by atoms with Gasteiger partial charge in [0.2, 0.25) is 6.04 Å². The molecule has 225 valence electrons. The van der Waals surface area contributed by atoms with E-state index < -0.39 is 0 Å². The van der Waals surface area contributed by atoms with Gasteiger partial charge in [-0.2, -0.15) is 21.8 Å². The van der Waals surface area contributed by atoms with Gasteiger partial charge in [-0.05, 0) is 60.6 Å². The minimum atomic E-state index is 0. The van der Waals surface area contributed by atoms with Crippen molar-refractivity contribution in [3.63, 3.8) is 0 Å². The van der Waals surface area contributed by atoms with Gasteiger partial charge in [-0.1, -0.05) is 69.4 Å². The van der Waals surface area contributed by atoms with Gasteiger partial charge in [0.15, 0.2) is 5.78 Å². The smallest absolute Gasteiger partial charge is 0.323 e. The maximum atomic E-state index is 11.7. The number of carbonyl (C=O) groups is 1. The molecule has 4 aromatic rings. The molecule has 5 rings (SSSR count). The molecule has 6 heteroatoms. The molecule has 1 aliphatic heterocycles. The van der Waals surface area contributed by atoms with Gasteiger partial charge in [0, 0.05) is 49.5 Å². The Morgan fingerprint density at radius 2 is 1.67 bits per heavy atom. The number of benzene rings is 2. The van der Waals surface area contributed by atoms with Crippen LogP contribution in [0.1, 0.15) is 83.7 Å². The second-order valence-electron chi connectivity index (χ2n) is 11.4. The number of allylic oxidation sites excluding steroid dienone is 2. The summed E-state index contributed by atoms with van der Waals surface area (Å²) in [5.41, 5.74) is 3.65.